The Morgan fingerprint density at radius 2 is 2.00 bits per heavy atom. The smallest absolute Gasteiger partial charge is 0.119 e. The van der Waals surface area contributed by atoms with Gasteiger partial charge in [0, 0.05) is 5.54 Å². The normalized spacial score (nSPS) is 22.9. The summed E-state index contributed by atoms with van der Waals surface area (Å²) in [7, 11) is 0. The van der Waals surface area contributed by atoms with E-state index in [0.717, 1.165) is 25.3 Å². The first-order chi connectivity index (χ1) is 9.16. The molecule has 1 aromatic carbocycles. The van der Waals surface area contributed by atoms with Crippen LogP contribution in [0.5, 0.6) is 5.75 Å². The SMILES string of the molecule is CCCOc1ccc(C2(CC(C)C)CCCN2)cc1. The Hall–Kier alpha value is -1.02. The fourth-order valence-electron chi connectivity index (χ4n) is 3.13. The van der Waals surface area contributed by atoms with Gasteiger partial charge in [-0.2, -0.15) is 0 Å². The molecule has 2 rings (SSSR count). The Morgan fingerprint density at radius 3 is 2.53 bits per heavy atom. The number of hydrogen-bond acceptors (Lipinski definition) is 2. The van der Waals surface area contributed by atoms with Gasteiger partial charge in [0.15, 0.2) is 0 Å². The second-order valence-corrected chi connectivity index (χ2v) is 6.08. The average molecular weight is 261 g/mol. The molecule has 1 fully saturated rings. The molecule has 0 saturated carbocycles. The fourth-order valence-corrected chi connectivity index (χ4v) is 3.13. The van der Waals surface area contributed by atoms with Crippen LogP contribution in [-0.2, 0) is 5.54 Å². The lowest BCUT2D eigenvalue weighted by Gasteiger charge is -2.32. The first-order valence-corrected chi connectivity index (χ1v) is 7.64. The van der Waals surface area contributed by atoms with Gasteiger partial charge in [0.1, 0.15) is 5.75 Å². The average Bonchev–Trinajstić information content (AvgIpc) is 2.86. The van der Waals surface area contributed by atoms with Crippen LogP contribution >= 0.6 is 0 Å². The van der Waals surface area contributed by atoms with Crippen molar-refractivity contribution in [2.24, 2.45) is 5.92 Å². The summed E-state index contributed by atoms with van der Waals surface area (Å²) in [6.07, 6.45) is 4.80. The zero-order valence-electron chi connectivity index (χ0n) is 12.5. The van der Waals surface area contributed by atoms with E-state index in [-0.39, 0.29) is 5.54 Å². The fraction of sp³-hybridized carbons (Fsp3) is 0.647. The summed E-state index contributed by atoms with van der Waals surface area (Å²) in [4.78, 5) is 0. The van der Waals surface area contributed by atoms with E-state index in [1.807, 2.05) is 0 Å². The topological polar surface area (TPSA) is 21.3 Å². The molecule has 1 heterocycles. The Bertz CT molecular complexity index is 377. The molecule has 1 atom stereocenters. The van der Waals surface area contributed by atoms with Crippen LogP contribution in [0, 0.1) is 5.92 Å². The van der Waals surface area contributed by atoms with Gasteiger partial charge in [-0.05, 0) is 55.8 Å². The molecule has 2 heteroatoms. The second-order valence-electron chi connectivity index (χ2n) is 6.08. The molecule has 106 valence electrons. The molecule has 1 aliphatic heterocycles. The maximum atomic E-state index is 5.67. The van der Waals surface area contributed by atoms with Gasteiger partial charge in [0.05, 0.1) is 6.61 Å². The Balaban J connectivity index is 2.13. The summed E-state index contributed by atoms with van der Waals surface area (Å²) in [5, 5.41) is 3.74. The van der Waals surface area contributed by atoms with E-state index in [1.165, 1.54) is 24.8 Å². The molecule has 0 aromatic heterocycles. The van der Waals surface area contributed by atoms with Crippen molar-refractivity contribution in [3.05, 3.63) is 29.8 Å². The van der Waals surface area contributed by atoms with E-state index in [0.29, 0.717) is 5.92 Å². The molecule has 0 radical (unpaired) electrons. The summed E-state index contributed by atoms with van der Waals surface area (Å²) in [5.41, 5.74) is 1.61. The molecule has 1 N–H and O–H groups in total. The highest BCUT2D eigenvalue weighted by Gasteiger charge is 2.35. The highest BCUT2D eigenvalue weighted by Crippen LogP contribution is 2.37. The van der Waals surface area contributed by atoms with E-state index < -0.39 is 0 Å². The maximum Gasteiger partial charge on any atom is 0.119 e. The van der Waals surface area contributed by atoms with Crippen LogP contribution in [0.1, 0.15) is 52.0 Å². The molecule has 1 aliphatic rings. The molecule has 2 nitrogen and oxygen atoms in total. The summed E-state index contributed by atoms with van der Waals surface area (Å²) < 4.78 is 5.67. The van der Waals surface area contributed by atoms with E-state index in [2.05, 4.69) is 50.4 Å². The van der Waals surface area contributed by atoms with Crippen LogP contribution in [0.2, 0.25) is 0 Å². The van der Waals surface area contributed by atoms with Crippen LogP contribution < -0.4 is 10.1 Å². The van der Waals surface area contributed by atoms with Gasteiger partial charge in [-0.3, -0.25) is 0 Å². The van der Waals surface area contributed by atoms with Crippen molar-refractivity contribution in [2.45, 2.75) is 52.0 Å². The quantitative estimate of drug-likeness (QED) is 0.832. The van der Waals surface area contributed by atoms with Crippen LogP contribution in [0.4, 0.5) is 0 Å². The first kappa shape index (κ1) is 14.4. The van der Waals surface area contributed by atoms with Crippen molar-refractivity contribution in [1.82, 2.24) is 5.32 Å². The lowest BCUT2D eigenvalue weighted by Crippen LogP contribution is -2.38. The summed E-state index contributed by atoms with van der Waals surface area (Å²) in [6, 6.07) is 8.72. The molecule has 19 heavy (non-hydrogen) atoms. The van der Waals surface area contributed by atoms with Gasteiger partial charge in [-0.1, -0.05) is 32.9 Å². The Labute approximate surface area is 117 Å². The van der Waals surface area contributed by atoms with Gasteiger partial charge in [0.25, 0.3) is 0 Å². The molecule has 0 spiro atoms. The molecular weight excluding hydrogens is 234 g/mol. The van der Waals surface area contributed by atoms with Crippen LogP contribution in [-0.4, -0.2) is 13.2 Å². The molecule has 0 aliphatic carbocycles. The monoisotopic (exact) mass is 261 g/mol. The standard InChI is InChI=1S/C17H27NO/c1-4-12-19-16-8-6-15(7-9-16)17(13-14(2)3)10-5-11-18-17/h6-9,14,18H,4-5,10-13H2,1-3H3. The van der Waals surface area contributed by atoms with Gasteiger partial charge in [-0.15, -0.1) is 0 Å². The van der Waals surface area contributed by atoms with Crippen molar-refractivity contribution in [3.63, 3.8) is 0 Å². The Kier molecular flexibility index (Phi) is 4.87. The third kappa shape index (κ3) is 3.50. The number of hydrogen-bond donors (Lipinski definition) is 1. The third-order valence-corrected chi connectivity index (χ3v) is 3.88. The maximum absolute atomic E-state index is 5.67. The second kappa shape index (κ2) is 6.42. The lowest BCUT2D eigenvalue weighted by molar-refractivity contribution is 0.306. The minimum absolute atomic E-state index is 0.192. The van der Waals surface area contributed by atoms with Crippen molar-refractivity contribution in [3.8, 4) is 5.75 Å². The predicted molar refractivity (Wildman–Crippen MR) is 80.6 cm³/mol. The molecule has 1 saturated heterocycles. The minimum Gasteiger partial charge on any atom is -0.494 e. The van der Waals surface area contributed by atoms with Gasteiger partial charge in [0.2, 0.25) is 0 Å². The van der Waals surface area contributed by atoms with Gasteiger partial charge >= 0.3 is 0 Å². The van der Waals surface area contributed by atoms with Crippen molar-refractivity contribution in [1.29, 1.82) is 0 Å². The van der Waals surface area contributed by atoms with Crippen LogP contribution in [0.3, 0.4) is 0 Å². The van der Waals surface area contributed by atoms with Gasteiger partial charge in [-0.25, -0.2) is 0 Å². The Morgan fingerprint density at radius 1 is 1.26 bits per heavy atom. The molecule has 0 bridgehead atoms. The number of ether oxygens (including phenoxy) is 1. The zero-order valence-corrected chi connectivity index (χ0v) is 12.5. The van der Waals surface area contributed by atoms with Crippen molar-refractivity contribution in [2.75, 3.05) is 13.2 Å². The third-order valence-electron chi connectivity index (χ3n) is 3.88. The number of rotatable bonds is 6. The largest absolute Gasteiger partial charge is 0.494 e. The van der Waals surface area contributed by atoms with Crippen LogP contribution in [0.15, 0.2) is 24.3 Å². The summed E-state index contributed by atoms with van der Waals surface area (Å²) in [6.45, 7) is 8.69. The zero-order chi connectivity index (χ0) is 13.7. The van der Waals surface area contributed by atoms with Crippen LogP contribution in [0.25, 0.3) is 0 Å². The molecule has 1 unspecified atom stereocenters. The number of nitrogens with one attached hydrogen (secondary N) is 1. The summed E-state index contributed by atoms with van der Waals surface area (Å²) >= 11 is 0. The number of benzene rings is 1. The first-order valence-electron chi connectivity index (χ1n) is 7.64. The van der Waals surface area contributed by atoms with E-state index in [9.17, 15) is 0 Å². The van der Waals surface area contributed by atoms with Crippen molar-refractivity contribution < 1.29 is 4.74 Å². The van der Waals surface area contributed by atoms with Gasteiger partial charge < -0.3 is 10.1 Å². The minimum atomic E-state index is 0.192. The molecule has 0 amide bonds. The van der Waals surface area contributed by atoms with Crippen molar-refractivity contribution >= 4 is 0 Å². The molecular formula is C17H27NO. The van der Waals surface area contributed by atoms with E-state index in [4.69, 9.17) is 4.74 Å². The van der Waals surface area contributed by atoms with E-state index in [1.54, 1.807) is 0 Å². The predicted octanol–water partition coefficient (Wildman–Crippen LogP) is 4.10. The lowest BCUT2D eigenvalue weighted by atomic mass is 9.81. The van der Waals surface area contributed by atoms with E-state index >= 15 is 0 Å². The highest BCUT2D eigenvalue weighted by molar-refractivity contribution is 5.32. The summed E-state index contributed by atoms with van der Waals surface area (Å²) in [5.74, 6) is 1.70. The highest BCUT2D eigenvalue weighted by atomic mass is 16.5. The molecule has 1 aromatic rings.